The molecule has 3 rings (SSSR count). The predicted molar refractivity (Wildman–Crippen MR) is 107 cm³/mol. The maximum absolute atomic E-state index is 12.4. The number of anilines is 1. The number of fused-ring (bicyclic) bond motifs is 1. The molecule has 0 aliphatic rings. The Hall–Kier alpha value is -3.81. The Morgan fingerprint density at radius 1 is 1.11 bits per heavy atom. The van der Waals surface area contributed by atoms with Gasteiger partial charge in [0.25, 0.3) is 5.91 Å². The molecule has 0 saturated heterocycles. The van der Waals surface area contributed by atoms with E-state index < -0.39 is 5.91 Å². The Kier molecular flexibility index (Phi) is 5.59. The number of aromatic nitrogens is 1. The van der Waals surface area contributed by atoms with E-state index in [1.54, 1.807) is 49.6 Å². The molecule has 0 aliphatic carbocycles. The SMILES string of the molecule is COc1cccc(/C=N/NC(=O)c2cc3cc(NC(C)=O)ccc3[nH]2)c1OC. The molecule has 2 amide bonds. The fourth-order valence-corrected chi connectivity index (χ4v) is 2.77. The van der Waals surface area contributed by atoms with Gasteiger partial charge in [0, 0.05) is 29.1 Å². The van der Waals surface area contributed by atoms with E-state index in [9.17, 15) is 9.59 Å². The fourth-order valence-electron chi connectivity index (χ4n) is 2.77. The number of carbonyl (C=O) groups is 2. The lowest BCUT2D eigenvalue weighted by atomic mass is 10.2. The predicted octanol–water partition coefficient (Wildman–Crippen LogP) is 2.91. The van der Waals surface area contributed by atoms with E-state index in [-0.39, 0.29) is 5.91 Å². The number of hydrazone groups is 1. The van der Waals surface area contributed by atoms with Crippen LogP contribution in [0.2, 0.25) is 0 Å². The molecular formula is C20H20N4O4. The Labute approximate surface area is 161 Å². The molecule has 3 aromatic rings. The topological polar surface area (TPSA) is 105 Å². The standard InChI is InChI=1S/C20H20N4O4/c1-12(25)22-15-7-8-16-14(9-15)10-17(23-16)20(26)24-21-11-13-5-4-6-18(27-2)19(13)28-3/h4-11,23H,1-3H3,(H,22,25)(H,24,26)/b21-11+. The molecule has 1 aromatic heterocycles. The summed E-state index contributed by atoms with van der Waals surface area (Å²) in [6, 6.07) is 12.4. The van der Waals surface area contributed by atoms with Crippen LogP contribution in [-0.4, -0.2) is 37.2 Å². The van der Waals surface area contributed by atoms with Crippen LogP contribution in [0.3, 0.4) is 0 Å². The van der Waals surface area contributed by atoms with E-state index in [1.165, 1.54) is 20.2 Å². The highest BCUT2D eigenvalue weighted by atomic mass is 16.5. The van der Waals surface area contributed by atoms with Crippen molar-refractivity contribution in [2.75, 3.05) is 19.5 Å². The molecular weight excluding hydrogens is 360 g/mol. The maximum atomic E-state index is 12.4. The number of H-pyrrole nitrogens is 1. The minimum absolute atomic E-state index is 0.157. The Bertz CT molecular complexity index is 1060. The van der Waals surface area contributed by atoms with Gasteiger partial charge in [-0.2, -0.15) is 5.10 Å². The molecule has 0 saturated carbocycles. The minimum atomic E-state index is -0.393. The van der Waals surface area contributed by atoms with Gasteiger partial charge in [-0.1, -0.05) is 6.07 Å². The van der Waals surface area contributed by atoms with Gasteiger partial charge in [-0.05, 0) is 36.4 Å². The normalized spacial score (nSPS) is 10.8. The Morgan fingerprint density at radius 2 is 1.93 bits per heavy atom. The number of ether oxygens (including phenoxy) is 2. The minimum Gasteiger partial charge on any atom is -0.493 e. The summed E-state index contributed by atoms with van der Waals surface area (Å²) < 4.78 is 10.6. The van der Waals surface area contributed by atoms with E-state index in [2.05, 4.69) is 20.8 Å². The van der Waals surface area contributed by atoms with Crippen molar-refractivity contribution in [3.8, 4) is 11.5 Å². The van der Waals surface area contributed by atoms with Crippen LogP contribution in [0, 0.1) is 0 Å². The average Bonchev–Trinajstić information content (AvgIpc) is 3.10. The van der Waals surface area contributed by atoms with Gasteiger partial charge in [0.2, 0.25) is 5.91 Å². The van der Waals surface area contributed by atoms with Gasteiger partial charge in [0.1, 0.15) is 5.69 Å². The zero-order valence-electron chi connectivity index (χ0n) is 15.7. The van der Waals surface area contributed by atoms with Crippen molar-refractivity contribution < 1.29 is 19.1 Å². The third kappa shape index (κ3) is 4.12. The van der Waals surface area contributed by atoms with Crippen molar-refractivity contribution >= 4 is 34.6 Å². The fraction of sp³-hybridized carbons (Fsp3) is 0.150. The number of nitrogens with zero attached hydrogens (tertiary/aromatic N) is 1. The molecule has 1 heterocycles. The molecule has 144 valence electrons. The first-order valence-corrected chi connectivity index (χ1v) is 8.46. The van der Waals surface area contributed by atoms with Gasteiger partial charge in [-0.3, -0.25) is 9.59 Å². The van der Waals surface area contributed by atoms with Gasteiger partial charge in [-0.15, -0.1) is 0 Å². The van der Waals surface area contributed by atoms with Crippen LogP contribution in [0.4, 0.5) is 5.69 Å². The number of rotatable bonds is 6. The lowest BCUT2D eigenvalue weighted by Gasteiger charge is -2.09. The maximum Gasteiger partial charge on any atom is 0.287 e. The molecule has 3 N–H and O–H groups in total. The molecule has 2 aromatic carbocycles. The van der Waals surface area contributed by atoms with Crippen molar-refractivity contribution in [2.24, 2.45) is 5.10 Å². The second-order valence-corrected chi connectivity index (χ2v) is 5.95. The molecule has 0 radical (unpaired) electrons. The van der Waals surface area contributed by atoms with Gasteiger partial charge < -0.3 is 19.8 Å². The summed E-state index contributed by atoms with van der Waals surface area (Å²) in [7, 11) is 3.08. The first-order valence-electron chi connectivity index (χ1n) is 8.46. The number of benzene rings is 2. The number of aromatic amines is 1. The van der Waals surface area contributed by atoms with Crippen molar-refractivity contribution in [1.82, 2.24) is 10.4 Å². The van der Waals surface area contributed by atoms with Crippen molar-refractivity contribution in [3.05, 3.63) is 53.7 Å². The number of nitrogens with one attached hydrogen (secondary N) is 3. The molecule has 0 unspecified atom stereocenters. The van der Waals surface area contributed by atoms with Crippen LogP contribution < -0.4 is 20.2 Å². The average molecular weight is 380 g/mol. The first kappa shape index (κ1) is 19.0. The summed E-state index contributed by atoms with van der Waals surface area (Å²) in [6.07, 6.45) is 1.48. The largest absolute Gasteiger partial charge is 0.493 e. The number of hydrogen-bond donors (Lipinski definition) is 3. The van der Waals surface area contributed by atoms with Crippen LogP contribution in [0.1, 0.15) is 23.0 Å². The van der Waals surface area contributed by atoms with E-state index in [0.29, 0.717) is 28.4 Å². The van der Waals surface area contributed by atoms with Crippen LogP contribution in [0.5, 0.6) is 11.5 Å². The summed E-state index contributed by atoms with van der Waals surface area (Å²) in [5.74, 6) is 0.549. The lowest BCUT2D eigenvalue weighted by molar-refractivity contribution is -0.114. The second kappa shape index (κ2) is 8.26. The monoisotopic (exact) mass is 380 g/mol. The van der Waals surface area contributed by atoms with Gasteiger partial charge in [0.15, 0.2) is 11.5 Å². The zero-order valence-corrected chi connectivity index (χ0v) is 15.7. The van der Waals surface area contributed by atoms with Crippen LogP contribution >= 0.6 is 0 Å². The number of para-hydroxylation sites is 1. The molecule has 0 fully saturated rings. The Morgan fingerprint density at radius 3 is 2.64 bits per heavy atom. The third-order valence-corrected chi connectivity index (χ3v) is 3.99. The number of hydrogen-bond acceptors (Lipinski definition) is 5. The number of carbonyl (C=O) groups excluding carboxylic acids is 2. The summed E-state index contributed by atoms with van der Waals surface area (Å²) in [5.41, 5.74) is 4.93. The summed E-state index contributed by atoms with van der Waals surface area (Å²) in [4.78, 5) is 26.6. The van der Waals surface area contributed by atoms with Gasteiger partial charge in [-0.25, -0.2) is 5.43 Å². The highest BCUT2D eigenvalue weighted by Gasteiger charge is 2.10. The highest BCUT2D eigenvalue weighted by Crippen LogP contribution is 2.29. The van der Waals surface area contributed by atoms with Crippen LogP contribution in [0.15, 0.2) is 47.6 Å². The van der Waals surface area contributed by atoms with Crippen molar-refractivity contribution in [1.29, 1.82) is 0 Å². The molecule has 0 atom stereocenters. The molecule has 8 heteroatoms. The number of amides is 2. The second-order valence-electron chi connectivity index (χ2n) is 5.95. The molecule has 0 aliphatic heterocycles. The van der Waals surface area contributed by atoms with E-state index in [4.69, 9.17) is 9.47 Å². The van der Waals surface area contributed by atoms with Crippen LogP contribution in [-0.2, 0) is 4.79 Å². The third-order valence-electron chi connectivity index (χ3n) is 3.99. The van der Waals surface area contributed by atoms with E-state index in [0.717, 1.165) is 10.9 Å². The van der Waals surface area contributed by atoms with Crippen molar-refractivity contribution in [3.63, 3.8) is 0 Å². The summed E-state index contributed by atoms with van der Waals surface area (Å²) in [5, 5.41) is 7.50. The molecule has 8 nitrogen and oxygen atoms in total. The lowest BCUT2D eigenvalue weighted by Crippen LogP contribution is -2.17. The van der Waals surface area contributed by atoms with Gasteiger partial charge >= 0.3 is 0 Å². The molecule has 0 spiro atoms. The summed E-state index contributed by atoms with van der Waals surface area (Å²) >= 11 is 0. The van der Waals surface area contributed by atoms with Crippen molar-refractivity contribution in [2.45, 2.75) is 6.92 Å². The summed E-state index contributed by atoms with van der Waals surface area (Å²) in [6.45, 7) is 1.44. The smallest absolute Gasteiger partial charge is 0.287 e. The highest BCUT2D eigenvalue weighted by molar-refractivity contribution is 6.00. The van der Waals surface area contributed by atoms with Crippen LogP contribution in [0.25, 0.3) is 10.9 Å². The first-order chi connectivity index (χ1) is 13.5. The zero-order chi connectivity index (χ0) is 20.1. The molecule has 28 heavy (non-hydrogen) atoms. The van der Waals surface area contributed by atoms with E-state index >= 15 is 0 Å². The quantitative estimate of drug-likeness (QED) is 0.452. The Balaban J connectivity index is 1.74. The van der Waals surface area contributed by atoms with E-state index in [1.807, 2.05) is 0 Å². The van der Waals surface area contributed by atoms with Gasteiger partial charge in [0.05, 0.1) is 20.4 Å². The molecule has 0 bridgehead atoms. The number of methoxy groups -OCH3 is 2.